The molecule has 0 aromatic heterocycles. The second-order valence-electron chi connectivity index (χ2n) is 4.97. The molecule has 3 nitrogen and oxygen atoms in total. The van der Waals surface area contributed by atoms with E-state index in [0.717, 1.165) is 25.7 Å². The van der Waals surface area contributed by atoms with Gasteiger partial charge in [-0.05, 0) is 24.8 Å². The average molecular weight is 290 g/mol. The first-order valence-corrected chi connectivity index (χ1v) is 6.45. The van der Waals surface area contributed by atoms with E-state index in [9.17, 15) is 9.50 Å². The topological polar surface area (TPSA) is 55.5 Å². The Morgan fingerprint density at radius 1 is 1.32 bits per heavy atom. The van der Waals surface area contributed by atoms with Crippen molar-refractivity contribution in [3.8, 4) is 11.5 Å². The number of hydrogen-bond acceptors (Lipinski definition) is 3. The number of halogens is 2. The van der Waals surface area contributed by atoms with Crippen molar-refractivity contribution in [2.75, 3.05) is 7.11 Å². The van der Waals surface area contributed by atoms with Gasteiger partial charge < -0.3 is 15.6 Å². The summed E-state index contributed by atoms with van der Waals surface area (Å²) in [7, 11) is 1.41. The SMILES string of the molecule is COc1cc(F)cc([C@H](N)C2CCCCC2)c1O.Cl. The van der Waals surface area contributed by atoms with Gasteiger partial charge in [0.25, 0.3) is 0 Å². The van der Waals surface area contributed by atoms with Crippen molar-refractivity contribution < 1.29 is 14.2 Å². The molecule has 0 bridgehead atoms. The summed E-state index contributed by atoms with van der Waals surface area (Å²) in [6.07, 6.45) is 5.64. The minimum atomic E-state index is -0.425. The number of methoxy groups -OCH3 is 1. The molecule has 19 heavy (non-hydrogen) atoms. The van der Waals surface area contributed by atoms with Gasteiger partial charge in [0.15, 0.2) is 11.5 Å². The van der Waals surface area contributed by atoms with Gasteiger partial charge in [0.1, 0.15) is 5.82 Å². The van der Waals surface area contributed by atoms with E-state index >= 15 is 0 Å². The quantitative estimate of drug-likeness (QED) is 0.895. The van der Waals surface area contributed by atoms with Gasteiger partial charge in [-0.1, -0.05) is 19.3 Å². The molecule has 2 rings (SSSR count). The number of benzene rings is 1. The first kappa shape index (κ1) is 16.1. The first-order valence-electron chi connectivity index (χ1n) is 6.45. The van der Waals surface area contributed by atoms with E-state index < -0.39 is 5.82 Å². The fourth-order valence-electron chi connectivity index (χ4n) is 2.75. The number of phenols is 1. The number of rotatable bonds is 3. The second kappa shape index (κ2) is 6.96. The molecule has 3 N–H and O–H groups in total. The van der Waals surface area contributed by atoms with Crippen LogP contribution in [0.5, 0.6) is 11.5 Å². The molecule has 1 aliphatic rings. The summed E-state index contributed by atoms with van der Waals surface area (Å²) in [5, 5.41) is 10.0. The van der Waals surface area contributed by atoms with Crippen LogP contribution in [0.15, 0.2) is 12.1 Å². The molecule has 1 fully saturated rings. The van der Waals surface area contributed by atoms with Crippen molar-refractivity contribution in [3.05, 3.63) is 23.5 Å². The lowest BCUT2D eigenvalue weighted by atomic mass is 9.81. The zero-order chi connectivity index (χ0) is 13.1. The Bertz CT molecular complexity index is 422. The van der Waals surface area contributed by atoms with Gasteiger partial charge in [0.05, 0.1) is 7.11 Å². The van der Waals surface area contributed by atoms with Gasteiger partial charge in [-0.2, -0.15) is 0 Å². The van der Waals surface area contributed by atoms with Crippen LogP contribution in [0.3, 0.4) is 0 Å². The molecular formula is C14H21ClFNO2. The molecule has 0 spiro atoms. The molecule has 1 aromatic rings. The number of hydrogen-bond donors (Lipinski definition) is 2. The summed E-state index contributed by atoms with van der Waals surface area (Å²) < 4.78 is 18.4. The van der Waals surface area contributed by atoms with Gasteiger partial charge in [-0.25, -0.2) is 4.39 Å². The molecule has 0 saturated heterocycles. The highest BCUT2D eigenvalue weighted by Crippen LogP contribution is 2.40. The summed E-state index contributed by atoms with van der Waals surface area (Å²) in [6.45, 7) is 0. The maximum absolute atomic E-state index is 13.5. The monoisotopic (exact) mass is 289 g/mol. The lowest BCUT2D eigenvalue weighted by Gasteiger charge is -2.28. The van der Waals surface area contributed by atoms with Crippen molar-refractivity contribution in [2.24, 2.45) is 11.7 Å². The Hall–Kier alpha value is -1.00. The maximum Gasteiger partial charge on any atom is 0.163 e. The van der Waals surface area contributed by atoms with Crippen LogP contribution < -0.4 is 10.5 Å². The summed E-state index contributed by atoms with van der Waals surface area (Å²) in [4.78, 5) is 0. The minimum absolute atomic E-state index is 0. The van der Waals surface area contributed by atoms with Crippen LogP contribution >= 0.6 is 12.4 Å². The molecule has 1 aromatic carbocycles. The average Bonchev–Trinajstić information content (AvgIpc) is 2.41. The second-order valence-corrected chi connectivity index (χ2v) is 4.97. The summed E-state index contributed by atoms with van der Waals surface area (Å²) in [6, 6.07) is 2.17. The summed E-state index contributed by atoms with van der Waals surface area (Å²) in [5.74, 6) is 0.00954. The normalized spacial score (nSPS) is 17.6. The van der Waals surface area contributed by atoms with Gasteiger partial charge >= 0.3 is 0 Å². The van der Waals surface area contributed by atoms with Crippen LogP contribution in [0.25, 0.3) is 0 Å². The van der Waals surface area contributed by atoms with E-state index in [1.807, 2.05) is 0 Å². The Kier molecular flexibility index (Phi) is 5.88. The molecule has 0 unspecified atom stereocenters. The smallest absolute Gasteiger partial charge is 0.163 e. The van der Waals surface area contributed by atoms with E-state index in [4.69, 9.17) is 10.5 Å². The lowest BCUT2D eigenvalue weighted by molar-refractivity contribution is 0.298. The van der Waals surface area contributed by atoms with Crippen LogP contribution in [0.4, 0.5) is 4.39 Å². The summed E-state index contributed by atoms with van der Waals surface area (Å²) in [5.41, 5.74) is 6.64. The molecule has 1 atom stereocenters. The molecule has 0 amide bonds. The predicted molar refractivity (Wildman–Crippen MR) is 75.4 cm³/mol. The van der Waals surface area contributed by atoms with Crippen molar-refractivity contribution in [2.45, 2.75) is 38.1 Å². The standard InChI is InChI=1S/C14H20FNO2.ClH/c1-18-12-8-10(15)7-11(14(12)17)13(16)9-5-3-2-4-6-9;/h7-9,13,17H,2-6,16H2,1H3;1H/t13-;/m1./s1. The molecule has 0 radical (unpaired) electrons. The van der Waals surface area contributed by atoms with Crippen LogP contribution in [-0.4, -0.2) is 12.2 Å². The van der Waals surface area contributed by atoms with Gasteiger partial charge in [0, 0.05) is 17.7 Å². The van der Waals surface area contributed by atoms with E-state index in [2.05, 4.69) is 0 Å². The predicted octanol–water partition coefficient (Wildman–Crippen LogP) is 3.54. The van der Waals surface area contributed by atoms with Crippen molar-refractivity contribution >= 4 is 12.4 Å². The Labute approximate surface area is 119 Å². The van der Waals surface area contributed by atoms with E-state index in [-0.39, 0.29) is 29.9 Å². The van der Waals surface area contributed by atoms with Crippen molar-refractivity contribution in [1.29, 1.82) is 0 Å². The molecule has 0 aliphatic heterocycles. The van der Waals surface area contributed by atoms with E-state index in [1.165, 1.54) is 25.7 Å². The van der Waals surface area contributed by atoms with Gasteiger partial charge in [-0.3, -0.25) is 0 Å². The Balaban J connectivity index is 0.00000180. The van der Waals surface area contributed by atoms with E-state index in [0.29, 0.717) is 11.5 Å². The molecule has 0 heterocycles. The van der Waals surface area contributed by atoms with Crippen LogP contribution in [0.2, 0.25) is 0 Å². The number of phenolic OH excluding ortho intramolecular Hbond substituents is 1. The van der Waals surface area contributed by atoms with Crippen LogP contribution in [-0.2, 0) is 0 Å². The highest BCUT2D eigenvalue weighted by molar-refractivity contribution is 5.85. The highest BCUT2D eigenvalue weighted by Gasteiger charge is 2.25. The van der Waals surface area contributed by atoms with Crippen LogP contribution in [0.1, 0.15) is 43.7 Å². The fourth-order valence-corrected chi connectivity index (χ4v) is 2.75. The largest absolute Gasteiger partial charge is 0.504 e. The molecule has 5 heteroatoms. The zero-order valence-corrected chi connectivity index (χ0v) is 11.9. The molecule has 1 saturated carbocycles. The minimum Gasteiger partial charge on any atom is -0.504 e. The molecule has 108 valence electrons. The summed E-state index contributed by atoms with van der Waals surface area (Å²) >= 11 is 0. The number of aromatic hydroxyl groups is 1. The zero-order valence-electron chi connectivity index (χ0n) is 11.1. The van der Waals surface area contributed by atoms with Crippen molar-refractivity contribution in [1.82, 2.24) is 0 Å². The number of nitrogens with two attached hydrogens (primary N) is 1. The lowest BCUT2D eigenvalue weighted by Crippen LogP contribution is -2.23. The maximum atomic E-state index is 13.5. The Morgan fingerprint density at radius 3 is 2.53 bits per heavy atom. The highest BCUT2D eigenvalue weighted by atomic mass is 35.5. The molecular weight excluding hydrogens is 269 g/mol. The Morgan fingerprint density at radius 2 is 1.95 bits per heavy atom. The number of ether oxygens (including phenoxy) is 1. The van der Waals surface area contributed by atoms with E-state index in [1.54, 1.807) is 0 Å². The third kappa shape index (κ3) is 3.51. The fraction of sp³-hybridized carbons (Fsp3) is 0.571. The van der Waals surface area contributed by atoms with Crippen LogP contribution in [0, 0.1) is 11.7 Å². The van der Waals surface area contributed by atoms with Gasteiger partial charge in [-0.15, -0.1) is 12.4 Å². The third-order valence-electron chi connectivity index (χ3n) is 3.81. The third-order valence-corrected chi connectivity index (χ3v) is 3.81. The molecule has 1 aliphatic carbocycles. The van der Waals surface area contributed by atoms with Gasteiger partial charge in [0.2, 0.25) is 0 Å². The first-order chi connectivity index (χ1) is 8.63. The van der Waals surface area contributed by atoms with Crippen molar-refractivity contribution in [3.63, 3.8) is 0 Å².